The van der Waals surface area contributed by atoms with E-state index >= 15 is 0 Å². The highest BCUT2D eigenvalue weighted by Gasteiger charge is 2.21. The van der Waals surface area contributed by atoms with Crippen LogP contribution in [0.3, 0.4) is 0 Å². The van der Waals surface area contributed by atoms with E-state index in [1.165, 1.54) is 0 Å². The fourth-order valence-corrected chi connectivity index (χ4v) is 1.58. The number of aromatic amines is 1. The molecule has 20 heavy (non-hydrogen) atoms. The summed E-state index contributed by atoms with van der Waals surface area (Å²) in [6.07, 6.45) is 0. The van der Waals surface area contributed by atoms with E-state index in [9.17, 15) is 9.59 Å². The van der Waals surface area contributed by atoms with E-state index in [4.69, 9.17) is 5.11 Å². The van der Waals surface area contributed by atoms with Crippen molar-refractivity contribution in [3.63, 3.8) is 0 Å². The van der Waals surface area contributed by atoms with Crippen LogP contribution in [0.25, 0.3) is 0 Å². The monoisotopic (exact) mass is 281 g/mol. The highest BCUT2D eigenvalue weighted by atomic mass is 16.4. The van der Waals surface area contributed by atoms with Crippen LogP contribution in [0, 0.1) is 18.3 Å². The summed E-state index contributed by atoms with van der Waals surface area (Å²) in [5, 5.41) is 14.3. The Bertz CT molecular complexity index is 500. The Labute approximate surface area is 119 Å². The molecule has 112 valence electrons. The van der Waals surface area contributed by atoms with Gasteiger partial charge in [-0.05, 0) is 24.3 Å². The summed E-state index contributed by atoms with van der Waals surface area (Å²) in [5.41, 5.74) is 1.04. The molecule has 4 N–H and O–H groups in total. The van der Waals surface area contributed by atoms with E-state index in [-0.39, 0.29) is 16.8 Å². The predicted molar refractivity (Wildman–Crippen MR) is 78.1 cm³/mol. The second kappa shape index (κ2) is 5.98. The van der Waals surface area contributed by atoms with E-state index in [1.807, 2.05) is 0 Å². The molecule has 0 aliphatic carbocycles. The van der Waals surface area contributed by atoms with Crippen LogP contribution in [0.5, 0.6) is 0 Å². The first kappa shape index (κ1) is 16.1. The van der Waals surface area contributed by atoms with Crippen LogP contribution >= 0.6 is 0 Å². The SMILES string of the molecule is Cc1cc(NC(=O)NCC(C)C(C)(C)C)c(C(=O)O)[nH]1. The number of carboxylic acids is 1. The largest absolute Gasteiger partial charge is 0.477 e. The van der Waals surface area contributed by atoms with Gasteiger partial charge < -0.3 is 20.7 Å². The zero-order valence-electron chi connectivity index (χ0n) is 12.6. The second-order valence-corrected chi connectivity index (χ2v) is 6.15. The van der Waals surface area contributed by atoms with Crippen LogP contribution in [-0.4, -0.2) is 28.6 Å². The van der Waals surface area contributed by atoms with Gasteiger partial charge in [-0.25, -0.2) is 9.59 Å². The highest BCUT2D eigenvalue weighted by Crippen LogP contribution is 2.24. The molecule has 6 nitrogen and oxygen atoms in total. The number of aryl methyl sites for hydroxylation is 1. The lowest BCUT2D eigenvalue weighted by Crippen LogP contribution is -2.36. The molecule has 1 aromatic heterocycles. The van der Waals surface area contributed by atoms with E-state index < -0.39 is 12.0 Å². The molecule has 0 spiro atoms. The fourth-order valence-electron chi connectivity index (χ4n) is 1.58. The maximum atomic E-state index is 11.8. The summed E-state index contributed by atoms with van der Waals surface area (Å²) >= 11 is 0. The molecule has 0 saturated heterocycles. The molecule has 0 radical (unpaired) electrons. The third-order valence-electron chi connectivity index (χ3n) is 3.46. The third-order valence-corrected chi connectivity index (χ3v) is 3.46. The van der Waals surface area contributed by atoms with Crippen molar-refractivity contribution in [2.45, 2.75) is 34.6 Å². The van der Waals surface area contributed by atoms with E-state index in [0.717, 1.165) is 0 Å². The minimum absolute atomic E-state index is 0.0125. The quantitative estimate of drug-likeness (QED) is 0.683. The molecule has 0 bridgehead atoms. The van der Waals surface area contributed by atoms with Crippen molar-refractivity contribution in [3.05, 3.63) is 17.5 Å². The number of aromatic nitrogens is 1. The van der Waals surface area contributed by atoms with Crippen LogP contribution < -0.4 is 10.6 Å². The van der Waals surface area contributed by atoms with Crippen molar-refractivity contribution in [2.75, 3.05) is 11.9 Å². The maximum Gasteiger partial charge on any atom is 0.354 e. The van der Waals surface area contributed by atoms with Crippen molar-refractivity contribution >= 4 is 17.7 Å². The van der Waals surface area contributed by atoms with Crippen molar-refractivity contribution < 1.29 is 14.7 Å². The van der Waals surface area contributed by atoms with Crippen LogP contribution in [-0.2, 0) is 0 Å². The van der Waals surface area contributed by atoms with E-state index in [0.29, 0.717) is 18.2 Å². The molecule has 0 fully saturated rings. The lowest BCUT2D eigenvalue weighted by Gasteiger charge is -2.27. The second-order valence-electron chi connectivity index (χ2n) is 6.15. The van der Waals surface area contributed by atoms with Gasteiger partial charge in [0.2, 0.25) is 0 Å². The predicted octanol–water partition coefficient (Wildman–Crippen LogP) is 2.83. The number of H-pyrrole nitrogens is 1. The van der Waals surface area contributed by atoms with Gasteiger partial charge in [-0.1, -0.05) is 27.7 Å². The van der Waals surface area contributed by atoms with Gasteiger partial charge in [0.25, 0.3) is 0 Å². The average Bonchev–Trinajstić information content (AvgIpc) is 2.65. The topological polar surface area (TPSA) is 94.2 Å². The lowest BCUT2D eigenvalue weighted by molar-refractivity contribution is 0.0692. The molecule has 1 aromatic rings. The number of anilines is 1. The normalized spacial score (nSPS) is 12.8. The van der Waals surface area contributed by atoms with Gasteiger partial charge in [-0.3, -0.25) is 0 Å². The van der Waals surface area contributed by atoms with Gasteiger partial charge in [-0.2, -0.15) is 0 Å². The molecular formula is C14H23N3O3. The van der Waals surface area contributed by atoms with Gasteiger partial charge in [0, 0.05) is 12.2 Å². The zero-order valence-corrected chi connectivity index (χ0v) is 12.6. The number of hydrogen-bond acceptors (Lipinski definition) is 2. The number of amides is 2. The first-order valence-corrected chi connectivity index (χ1v) is 6.59. The Hall–Kier alpha value is -1.98. The number of carbonyl (C=O) groups is 2. The summed E-state index contributed by atoms with van der Waals surface area (Å²) in [6, 6.07) is 1.19. The van der Waals surface area contributed by atoms with Crippen molar-refractivity contribution in [1.29, 1.82) is 0 Å². The van der Waals surface area contributed by atoms with Crippen molar-refractivity contribution in [2.24, 2.45) is 11.3 Å². The maximum absolute atomic E-state index is 11.8. The van der Waals surface area contributed by atoms with Crippen molar-refractivity contribution in [1.82, 2.24) is 10.3 Å². The number of carboxylic acid groups (broad SMARTS) is 1. The summed E-state index contributed by atoms with van der Waals surface area (Å²) in [6.45, 7) is 10.6. The molecule has 1 heterocycles. The summed E-state index contributed by atoms with van der Waals surface area (Å²) < 4.78 is 0. The first-order chi connectivity index (χ1) is 9.11. The molecule has 6 heteroatoms. The Morgan fingerprint density at radius 3 is 2.50 bits per heavy atom. The standard InChI is InChI=1S/C14H23N3O3/c1-8(14(3,4)5)7-15-13(20)17-10-6-9(2)16-11(10)12(18)19/h6,8,16H,7H2,1-5H3,(H,18,19)(H2,15,17,20). The van der Waals surface area contributed by atoms with E-state index in [2.05, 4.69) is 43.3 Å². The minimum Gasteiger partial charge on any atom is -0.477 e. The molecular weight excluding hydrogens is 258 g/mol. The summed E-state index contributed by atoms with van der Waals surface area (Å²) in [5.74, 6) is -0.795. The number of nitrogens with one attached hydrogen (secondary N) is 3. The van der Waals surface area contributed by atoms with Crippen LogP contribution in [0.1, 0.15) is 43.9 Å². The molecule has 0 aliphatic heterocycles. The third kappa shape index (κ3) is 4.29. The Morgan fingerprint density at radius 1 is 1.40 bits per heavy atom. The number of rotatable bonds is 4. The molecule has 1 atom stereocenters. The number of hydrogen-bond donors (Lipinski definition) is 4. The Kier molecular flexibility index (Phi) is 4.81. The molecule has 1 rings (SSSR count). The molecule has 0 aliphatic rings. The van der Waals surface area contributed by atoms with Crippen molar-refractivity contribution in [3.8, 4) is 0 Å². The van der Waals surface area contributed by atoms with Gasteiger partial charge in [0.15, 0.2) is 0 Å². The van der Waals surface area contributed by atoms with Gasteiger partial charge >= 0.3 is 12.0 Å². The number of urea groups is 1. The zero-order chi connectivity index (χ0) is 15.5. The minimum atomic E-state index is -1.10. The molecule has 0 saturated carbocycles. The summed E-state index contributed by atoms with van der Waals surface area (Å²) in [4.78, 5) is 25.5. The fraction of sp³-hybridized carbons (Fsp3) is 0.571. The van der Waals surface area contributed by atoms with Gasteiger partial charge in [0.05, 0.1) is 5.69 Å². The Morgan fingerprint density at radius 2 is 2.00 bits per heavy atom. The van der Waals surface area contributed by atoms with Crippen LogP contribution in [0.4, 0.5) is 10.5 Å². The molecule has 1 unspecified atom stereocenters. The van der Waals surface area contributed by atoms with Gasteiger partial charge in [-0.15, -0.1) is 0 Å². The average molecular weight is 281 g/mol. The lowest BCUT2D eigenvalue weighted by atomic mass is 9.82. The van der Waals surface area contributed by atoms with E-state index in [1.54, 1.807) is 13.0 Å². The number of carbonyl (C=O) groups excluding carboxylic acids is 1. The smallest absolute Gasteiger partial charge is 0.354 e. The van der Waals surface area contributed by atoms with Gasteiger partial charge in [0.1, 0.15) is 5.69 Å². The molecule has 2 amide bonds. The Balaban J connectivity index is 2.61. The van der Waals surface area contributed by atoms with Crippen LogP contribution in [0.15, 0.2) is 6.07 Å². The highest BCUT2D eigenvalue weighted by molar-refractivity contribution is 5.99. The summed E-state index contributed by atoms with van der Waals surface area (Å²) in [7, 11) is 0. The number of aromatic carboxylic acids is 1. The molecule has 0 aromatic carbocycles. The van der Waals surface area contributed by atoms with Crippen LogP contribution in [0.2, 0.25) is 0 Å². The first-order valence-electron chi connectivity index (χ1n) is 6.59.